The van der Waals surface area contributed by atoms with E-state index in [1.54, 1.807) is 18.2 Å². The molecule has 0 amide bonds. The number of benzene rings is 2. The maximum atomic E-state index is 12.4. The van der Waals surface area contributed by atoms with E-state index in [0.29, 0.717) is 5.56 Å². The van der Waals surface area contributed by atoms with Gasteiger partial charge in [-0.3, -0.25) is 4.79 Å². The van der Waals surface area contributed by atoms with Crippen molar-refractivity contribution in [2.24, 2.45) is 0 Å². The molecule has 0 spiro atoms. The van der Waals surface area contributed by atoms with E-state index in [1.807, 2.05) is 31.2 Å². The summed E-state index contributed by atoms with van der Waals surface area (Å²) in [7, 11) is -3.94. The molecule has 4 nitrogen and oxygen atoms in total. The van der Waals surface area contributed by atoms with Gasteiger partial charge in [-0.15, -0.1) is 0 Å². The van der Waals surface area contributed by atoms with E-state index in [0.717, 1.165) is 11.1 Å². The predicted molar refractivity (Wildman–Crippen MR) is 79.0 cm³/mol. The van der Waals surface area contributed by atoms with Gasteiger partial charge in [0.25, 0.3) is 0 Å². The second kappa shape index (κ2) is 5.00. The summed E-state index contributed by atoms with van der Waals surface area (Å²) >= 11 is 0. The minimum Gasteiger partial charge on any atom is -0.381 e. The lowest BCUT2D eigenvalue weighted by Gasteiger charge is -2.23. The van der Waals surface area contributed by atoms with E-state index in [-0.39, 0.29) is 12.2 Å². The van der Waals surface area contributed by atoms with Crippen molar-refractivity contribution in [1.82, 2.24) is 0 Å². The van der Waals surface area contributed by atoms with Crippen molar-refractivity contribution in [2.75, 3.05) is 0 Å². The van der Waals surface area contributed by atoms with Crippen LogP contribution in [0.4, 0.5) is 0 Å². The lowest BCUT2D eigenvalue weighted by Crippen LogP contribution is -2.39. The first-order valence-corrected chi connectivity index (χ1v) is 8.06. The molecule has 1 aliphatic heterocycles. The average Bonchev–Trinajstić information content (AvgIpc) is 2.45. The number of rotatable bonds is 2. The van der Waals surface area contributed by atoms with Gasteiger partial charge in [0.05, 0.1) is 5.56 Å². The van der Waals surface area contributed by atoms with Gasteiger partial charge in [0.2, 0.25) is 0 Å². The third-order valence-electron chi connectivity index (χ3n) is 3.54. The quantitative estimate of drug-likeness (QED) is 0.800. The van der Waals surface area contributed by atoms with Gasteiger partial charge in [0.1, 0.15) is 0 Å². The fraction of sp³-hybridized carbons (Fsp3) is 0.188. The molecule has 5 heteroatoms. The minimum atomic E-state index is -3.94. The highest BCUT2D eigenvalue weighted by Crippen LogP contribution is 2.30. The number of Topliss-reactive ketones (excluding diaryl/α,β-unsaturated/α-hetero) is 1. The Morgan fingerprint density at radius 1 is 1.05 bits per heavy atom. The van der Waals surface area contributed by atoms with Gasteiger partial charge < -0.3 is 4.18 Å². The third kappa shape index (κ3) is 2.56. The van der Waals surface area contributed by atoms with E-state index in [9.17, 15) is 13.2 Å². The van der Waals surface area contributed by atoms with Crippen molar-refractivity contribution in [2.45, 2.75) is 18.6 Å². The summed E-state index contributed by atoms with van der Waals surface area (Å²) in [5.74, 6) is -0.292. The smallest absolute Gasteiger partial charge is 0.320 e. The summed E-state index contributed by atoms with van der Waals surface area (Å²) < 4.78 is 29.4. The van der Waals surface area contributed by atoms with Gasteiger partial charge in [0, 0.05) is 6.42 Å². The molecule has 108 valence electrons. The molecule has 0 N–H and O–H groups in total. The van der Waals surface area contributed by atoms with E-state index in [2.05, 4.69) is 0 Å². The molecule has 0 fully saturated rings. The lowest BCUT2D eigenvalue weighted by molar-refractivity contribution is 0.0976. The SMILES string of the molecule is Cc1ccc(CC2C(=O)c3ccccc3OS2(=O)=O)cc1. The molecule has 21 heavy (non-hydrogen) atoms. The monoisotopic (exact) mass is 302 g/mol. The molecular formula is C16H14O4S. The zero-order valence-corrected chi connectivity index (χ0v) is 12.3. The van der Waals surface area contributed by atoms with Crippen LogP contribution in [0.1, 0.15) is 21.5 Å². The van der Waals surface area contributed by atoms with Crippen LogP contribution < -0.4 is 4.18 Å². The summed E-state index contributed by atoms with van der Waals surface area (Å²) in [5.41, 5.74) is 2.20. The third-order valence-corrected chi connectivity index (χ3v) is 5.03. The molecule has 0 aliphatic carbocycles. The van der Waals surface area contributed by atoms with Crippen molar-refractivity contribution in [3.63, 3.8) is 0 Å². The number of ketones is 1. The van der Waals surface area contributed by atoms with Crippen LogP contribution in [0.3, 0.4) is 0 Å². The van der Waals surface area contributed by atoms with Crippen LogP contribution in [-0.2, 0) is 16.5 Å². The first kappa shape index (κ1) is 13.8. The summed E-state index contributed by atoms with van der Waals surface area (Å²) in [4.78, 5) is 12.4. The first-order valence-electron chi connectivity index (χ1n) is 6.59. The lowest BCUT2D eigenvalue weighted by atomic mass is 10.0. The maximum Gasteiger partial charge on any atom is 0.320 e. The zero-order valence-electron chi connectivity index (χ0n) is 11.4. The van der Waals surface area contributed by atoms with E-state index in [1.165, 1.54) is 6.07 Å². The largest absolute Gasteiger partial charge is 0.381 e. The topological polar surface area (TPSA) is 60.4 Å². The average molecular weight is 302 g/mol. The second-order valence-corrected chi connectivity index (χ2v) is 6.84. The van der Waals surface area contributed by atoms with Crippen molar-refractivity contribution in [3.05, 3.63) is 65.2 Å². The number of hydrogen-bond donors (Lipinski definition) is 0. The number of fused-ring (bicyclic) bond motifs is 1. The zero-order chi connectivity index (χ0) is 15.0. The summed E-state index contributed by atoms with van der Waals surface area (Å²) in [5, 5.41) is -1.19. The van der Waals surface area contributed by atoms with Crippen molar-refractivity contribution >= 4 is 15.9 Å². The number of carbonyl (C=O) groups is 1. The maximum absolute atomic E-state index is 12.4. The number of hydrogen-bond acceptors (Lipinski definition) is 4. The van der Waals surface area contributed by atoms with Gasteiger partial charge in [-0.05, 0) is 24.6 Å². The molecule has 0 bridgehead atoms. The Hall–Kier alpha value is -2.14. The van der Waals surface area contributed by atoms with Gasteiger partial charge in [-0.25, -0.2) is 0 Å². The molecule has 0 saturated carbocycles. The first-order chi connectivity index (χ1) is 9.97. The second-order valence-electron chi connectivity index (χ2n) is 5.11. The van der Waals surface area contributed by atoms with Crippen LogP contribution in [0.15, 0.2) is 48.5 Å². The van der Waals surface area contributed by atoms with Crippen LogP contribution in [0.25, 0.3) is 0 Å². The fourth-order valence-electron chi connectivity index (χ4n) is 2.36. The Morgan fingerprint density at radius 2 is 1.71 bits per heavy atom. The summed E-state index contributed by atoms with van der Waals surface area (Å²) in [6.07, 6.45) is 0.121. The van der Waals surface area contributed by atoms with Gasteiger partial charge >= 0.3 is 10.1 Å². The Labute approximate surface area is 123 Å². The van der Waals surface area contributed by atoms with E-state index in [4.69, 9.17) is 4.18 Å². The van der Waals surface area contributed by atoms with Crippen LogP contribution in [0.5, 0.6) is 5.75 Å². The Balaban J connectivity index is 1.98. The van der Waals surface area contributed by atoms with E-state index < -0.39 is 21.2 Å². The van der Waals surface area contributed by atoms with Crippen molar-refractivity contribution in [1.29, 1.82) is 0 Å². The molecule has 1 heterocycles. The summed E-state index contributed by atoms with van der Waals surface area (Å²) in [6, 6.07) is 13.9. The normalized spacial score (nSPS) is 19.7. The molecular weight excluding hydrogens is 288 g/mol. The van der Waals surface area contributed by atoms with Crippen LogP contribution in [-0.4, -0.2) is 19.5 Å². The molecule has 1 unspecified atom stereocenters. The molecule has 2 aromatic carbocycles. The molecule has 1 atom stereocenters. The van der Waals surface area contributed by atoms with Gasteiger partial charge in [-0.2, -0.15) is 8.42 Å². The standard InChI is InChI=1S/C16H14O4S/c1-11-6-8-12(9-7-11)10-15-16(17)13-4-2-3-5-14(13)20-21(15,18)19/h2-9,15H,10H2,1H3. The predicted octanol–water partition coefficient (Wildman–Crippen LogP) is 2.51. The molecule has 0 saturated heterocycles. The highest BCUT2D eigenvalue weighted by atomic mass is 32.2. The van der Waals surface area contributed by atoms with Crippen molar-refractivity contribution < 1.29 is 17.4 Å². The summed E-state index contributed by atoms with van der Waals surface area (Å²) in [6.45, 7) is 1.95. The Morgan fingerprint density at radius 3 is 2.43 bits per heavy atom. The number of para-hydroxylation sites is 1. The molecule has 0 radical (unpaired) electrons. The molecule has 2 aromatic rings. The van der Waals surface area contributed by atoms with Crippen LogP contribution >= 0.6 is 0 Å². The van der Waals surface area contributed by atoms with Crippen LogP contribution in [0.2, 0.25) is 0 Å². The minimum absolute atomic E-state index is 0.114. The Bertz CT molecular complexity index is 791. The fourth-order valence-corrected chi connectivity index (χ4v) is 3.66. The van der Waals surface area contributed by atoms with Gasteiger partial charge in [0.15, 0.2) is 16.8 Å². The number of carbonyl (C=O) groups excluding carboxylic acids is 1. The molecule has 3 rings (SSSR count). The molecule has 0 aromatic heterocycles. The van der Waals surface area contributed by atoms with Gasteiger partial charge in [-0.1, -0.05) is 42.0 Å². The van der Waals surface area contributed by atoms with Crippen LogP contribution in [0, 0.1) is 6.92 Å². The Kier molecular flexibility index (Phi) is 3.29. The van der Waals surface area contributed by atoms with E-state index >= 15 is 0 Å². The number of aryl methyl sites for hydroxylation is 1. The molecule has 1 aliphatic rings. The highest BCUT2D eigenvalue weighted by Gasteiger charge is 2.41. The highest BCUT2D eigenvalue weighted by molar-refractivity contribution is 7.88. The van der Waals surface area contributed by atoms with Crippen molar-refractivity contribution in [3.8, 4) is 5.75 Å².